The van der Waals surface area contributed by atoms with Gasteiger partial charge in [0.25, 0.3) is 0 Å². The molecule has 2 heterocycles. The summed E-state index contributed by atoms with van der Waals surface area (Å²) in [6.07, 6.45) is 1.04. The van der Waals surface area contributed by atoms with Gasteiger partial charge in [-0.3, -0.25) is 4.68 Å². The summed E-state index contributed by atoms with van der Waals surface area (Å²) in [5.41, 5.74) is 4.89. The number of nitrogens with one attached hydrogen (secondary N) is 1. The highest BCUT2D eigenvalue weighted by molar-refractivity contribution is 7.09. The molecule has 0 aromatic carbocycles. The molecular formula is C16H26N4S. The lowest BCUT2D eigenvalue weighted by molar-refractivity contribution is 0.553. The molecule has 0 aliphatic carbocycles. The average molecular weight is 306 g/mol. The molecule has 0 radical (unpaired) electrons. The van der Waals surface area contributed by atoms with Gasteiger partial charge in [0.05, 0.1) is 22.9 Å². The fourth-order valence-electron chi connectivity index (χ4n) is 2.49. The number of aryl methyl sites for hydroxylation is 2. The van der Waals surface area contributed by atoms with Gasteiger partial charge in [0.2, 0.25) is 0 Å². The van der Waals surface area contributed by atoms with Crippen LogP contribution in [0.2, 0.25) is 0 Å². The van der Waals surface area contributed by atoms with E-state index in [-0.39, 0.29) is 0 Å². The number of aromatic nitrogens is 3. The van der Waals surface area contributed by atoms with Crippen molar-refractivity contribution in [1.82, 2.24) is 20.1 Å². The number of rotatable bonds is 7. The molecule has 2 rings (SSSR count). The van der Waals surface area contributed by atoms with Crippen LogP contribution in [0.1, 0.15) is 41.5 Å². The largest absolute Gasteiger partial charge is 0.316 e. The van der Waals surface area contributed by atoms with Crippen LogP contribution < -0.4 is 5.32 Å². The Morgan fingerprint density at radius 2 is 2.05 bits per heavy atom. The second-order valence-electron chi connectivity index (χ2n) is 6.01. The number of nitrogens with zero attached hydrogens (tertiary/aromatic N) is 3. The summed E-state index contributed by atoms with van der Waals surface area (Å²) in [7, 11) is 0. The van der Waals surface area contributed by atoms with E-state index in [0.29, 0.717) is 5.92 Å². The molecule has 0 bridgehead atoms. The highest BCUT2D eigenvalue weighted by Crippen LogP contribution is 2.16. The van der Waals surface area contributed by atoms with Crippen LogP contribution in [0.5, 0.6) is 0 Å². The molecule has 0 amide bonds. The van der Waals surface area contributed by atoms with Crippen LogP contribution in [0, 0.1) is 26.7 Å². The maximum Gasteiger partial charge on any atom is 0.0898 e. The van der Waals surface area contributed by atoms with Gasteiger partial charge in [0.15, 0.2) is 0 Å². The van der Waals surface area contributed by atoms with E-state index in [1.165, 1.54) is 11.3 Å². The maximum atomic E-state index is 4.68. The van der Waals surface area contributed by atoms with Crippen molar-refractivity contribution >= 4 is 11.3 Å². The molecule has 0 fully saturated rings. The first-order chi connectivity index (χ1) is 9.97. The highest BCUT2D eigenvalue weighted by atomic mass is 32.1. The van der Waals surface area contributed by atoms with Gasteiger partial charge < -0.3 is 5.32 Å². The van der Waals surface area contributed by atoms with E-state index >= 15 is 0 Å². The quantitative estimate of drug-likeness (QED) is 0.799. The van der Waals surface area contributed by atoms with Gasteiger partial charge in [-0.15, -0.1) is 11.3 Å². The fraction of sp³-hybridized carbons (Fsp3) is 0.625. The van der Waals surface area contributed by atoms with Gasteiger partial charge in [-0.05, 0) is 51.8 Å². The molecule has 0 spiro atoms. The summed E-state index contributed by atoms with van der Waals surface area (Å²) in [6.45, 7) is 13.6. The summed E-state index contributed by atoms with van der Waals surface area (Å²) in [5.74, 6) is 0.697. The lowest BCUT2D eigenvalue weighted by Gasteiger charge is -2.08. The number of thiazole rings is 1. The predicted molar refractivity (Wildman–Crippen MR) is 89.1 cm³/mol. The third-order valence-corrected chi connectivity index (χ3v) is 4.44. The zero-order valence-electron chi connectivity index (χ0n) is 13.7. The minimum Gasteiger partial charge on any atom is -0.316 e. The van der Waals surface area contributed by atoms with Gasteiger partial charge in [-0.25, -0.2) is 4.98 Å². The summed E-state index contributed by atoms with van der Waals surface area (Å²) in [5, 5.41) is 11.4. The fourth-order valence-corrected chi connectivity index (χ4v) is 3.09. The van der Waals surface area contributed by atoms with E-state index < -0.39 is 0 Å². The lowest BCUT2D eigenvalue weighted by atomic mass is 10.1. The molecule has 2 aromatic rings. The molecule has 0 atom stereocenters. The predicted octanol–water partition coefficient (Wildman–Crippen LogP) is 3.10. The first-order valence-electron chi connectivity index (χ1n) is 7.62. The SMILES string of the molecule is Cc1nc(Cn2nc(C)c(CCNCC(C)C)c2C)cs1. The van der Waals surface area contributed by atoms with Crippen molar-refractivity contribution in [2.24, 2.45) is 5.92 Å². The second-order valence-corrected chi connectivity index (χ2v) is 7.08. The molecule has 0 aliphatic rings. The third-order valence-electron chi connectivity index (χ3n) is 3.61. The van der Waals surface area contributed by atoms with Crippen LogP contribution in [0.15, 0.2) is 5.38 Å². The van der Waals surface area contributed by atoms with Crippen LogP contribution in [-0.4, -0.2) is 27.9 Å². The molecule has 0 saturated heterocycles. The first-order valence-corrected chi connectivity index (χ1v) is 8.50. The first kappa shape index (κ1) is 16.2. The third kappa shape index (κ3) is 4.38. The molecular weight excluding hydrogens is 280 g/mol. The normalized spacial score (nSPS) is 11.5. The van der Waals surface area contributed by atoms with Crippen molar-refractivity contribution in [3.8, 4) is 0 Å². The van der Waals surface area contributed by atoms with Crippen molar-refractivity contribution in [2.75, 3.05) is 13.1 Å². The minimum atomic E-state index is 0.697. The van der Waals surface area contributed by atoms with Gasteiger partial charge in [0.1, 0.15) is 0 Å². The summed E-state index contributed by atoms with van der Waals surface area (Å²) < 4.78 is 2.08. The highest BCUT2D eigenvalue weighted by Gasteiger charge is 2.12. The zero-order valence-corrected chi connectivity index (χ0v) is 14.5. The Bertz CT molecular complexity index is 583. The second kappa shape index (κ2) is 7.18. The van der Waals surface area contributed by atoms with Gasteiger partial charge in [-0.2, -0.15) is 5.10 Å². The molecule has 2 aromatic heterocycles. The van der Waals surface area contributed by atoms with Crippen LogP contribution >= 0.6 is 11.3 Å². The van der Waals surface area contributed by atoms with E-state index in [0.717, 1.165) is 42.5 Å². The van der Waals surface area contributed by atoms with Crippen molar-refractivity contribution < 1.29 is 0 Å². The van der Waals surface area contributed by atoms with Crippen LogP contribution in [0.3, 0.4) is 0 Å². The van der Waals surface area contributed by atoms with E-state index in [9.17, 15) is 0 Å². The van der Waals surface area contributed by atoms with E-state index in [1.807, 2.05) is 6.92 Å². The summed E-state index contributed by atoms with van der Waals surface area (Å²) in [6, 6.07) is 0. The van der Waals surface area contributed by atoms with Crippen molar-refractivity contribution in [2.45, 2.75) is 47.6 Å². The van der Waals surface area contributed by atoms with Gasteiger partial charge >= 0.3 is 0 Å². The number of hydrogen-bond acceptors (Lipinski definition) is 4. The monoisotopic (exact) mass is 306 g/mol. The Balaban J connectivity index is 2.00. The summed E-state index contributed by atoms with van der Waals surface area (Å²) >= 11 is 1.70. The maximum absolute atomic E-state index is 4.68. The van der Waals surface area contributed by atoms with Crippen molar-refractivity contribution in [3.05, 3.63) is 33.0 Å². The molecule has 1 N–H and O–H groups in total. The smallest absolute Gasteiger partial charge is 0.0898 e. The van der Waals surface area contributed by atoms with Crippen LogP contribution in [-0.2, 0) is 13.0 Å². The van der Waals surface area contributed by atoms with E-state index in [4.69, 9.17) is 0 Å². The molecule has 0 saturated carbocycles. The van der Waals surface area contributed by atoms with E-state index in [1.54, 1.807) is 11.3 Å². The lowest BCUT2D eigenvalue weighted by Crippen LogP contribution is -2.22. The molecule has 0 aliphatic heterocycles. The zero-order chi connectivity index (χ0) is 15.4. The van der Waals surface area contributed by atoms with E-state index in [2.05, 4.69) is 53.2 Å². The Labute approximate surface area is 131 Å². The van der Waals surface area contributed by atoms with Gasteiger partial charge in [-0.1, -0.05) is 13.8 Å². The van der Waals surface area contributed by atoms with Crippen LogP contribution in [0.25, 0.3) is 0 Å². The number of hydrogen-bond donors (Lipinski definition) is 1. The Morgan fingerprint density at radius 1 is 1.29 bits per heavy atom. The molecule has 21 heavy (non-hydrogen) atoms. The minimum absolute atomic E-state index is 0.697. The van der Waals surface area contributed by atoms with Crippen molar-refractivity contribution in [1.29, 1.82) is 0 Å². The average Bonchev–Trinajstić information content (AvgIpc) is 2.92. The molecule has 5 heteroatoms. The molecule has 4 nitrogen and oxygen atoms in total. The topological polar surface area (TPSA) is 42.7 Å². The van der Waals surface area contributed by atoms with Crippen molar-refractivity contribution in [3.63, 3.8) is 0 Å². The summed E-state index contributed by atoms with van der Waals surface area (Å²) in [4.78, 5) is 4.53. The Hall–Kier alpha value is -1.20. The standard InChI is InChI=1S/C16H26N4S/c1-11(2)8-17-7-6-16-12(3)19-20(13(16)4)9-15-10-21-14(5)18-15/h10-11,17H,6-9H2,1-5H3. The van der Waals surface area contributed by atoms with Gasteiger partial charge in [0, 0.05) is 11.1 Å². The van der Waals surface area contributed by atoms with Crippen LogP contribution in [0.4, 0.5) is 0 Å². The Morgan fingerprint density at radius 3 is 2.67 bits per heavy atom. The molecule has 0 unspecified atom stereocenters. The molecule has 116 valence electrons. The Kier molecular flexibility index (Phi) is 5.53.